The van der Waals surface area contributed by atoms with Gasteiger partial charge in [0, 0.05) is 0 Å². The Morgan fingerprint density at radius 3 is 0.919 bits per heavy atom. The molecule has 0 spiro atoms. The Hall–Kier alpha value is -0.772. The first kappa shape index (κ1) is 32.4. The van der Waals surface area contributed by atoms with Crippen molar-refractivity contribution in [2.45, 2.75) is 166 Å². The van der Waals surface area contributed by atoms with E-state index < -0.39 is 18.5 Å². The first-order chi connectivity index (χ1) is 18.2. The first-order valence-corrected chi connectivity index (χ1v) is 17.2. The zero-order valence-corrected chi connectivity index (χ0v) is 25.9. The van der Waals surface area contributed by atoms with E-state index in [-0.39, 0.29) is 0 Å². The summed E-state index contributed by atoms with van der Waals surface area (Å²) in [6.07, 6.45) is 34.6. The van der Waals surface area contributed by atoms with Gasteiger partial charge >= 0.3 is 25.3 Å². The van der Waals surface area contributed by atoms with Gasteiger partial charge in [-0.25, -0.2) is 0 Å². The van der Waals surface area contributed by atoms with Crippen molar-refractivity contribution in [2.75, 3.05) is 13.1 Å². The summed E-state index contributed by atoms with van der Waals surface area (Å²) in [5.74, 6) is 0. The Morgan fingerprint density at radius 2 is 0.730 bits per heavy atom. The van der Waals surface area contributed by atoms with Crippen molar-refractivity contribution in [3.8, 4) is 0 Å². The maximum atomic E-state index is 8.50. The molecule has 6 nitrogen and oxygen atoms in total. The van der Waals surface area contributed by atoms with Gasteiger partial charge in [-0.15, -0.1) is 0 Å². The predicted molar refractivity (Wildman–Crippen MR) is 148 cm³/mol. The van der Waals surface area contributed by atoms with Crippen molar-refractivity contribution in [1.82, 2.24) is 9.80 Å². The molecule has 0 aromatic heterocycles. The van der Waals surface area contributed by atoms with Crippen LogP contribution in [0.25, 0.3) is 0 Å². The van der Waals surface area contributed by atoms with Crippen LogP contribution < -0.4 is 0 Å². The van der Waals surface area contributed by atoms with Crippen LogP contribution in [0.15, 0.2) is 9.98 Å². The number of hydrogen-bond acceptors (Lipinski definition) is 4. The second-order valence-corrected chi connectivity index (χ2v) is 11.5. The van der Waals surface area contributed by atoms with E-state index in [2.05, 4.69) is 46.3 Å². The van der Waals surface area contributed by atoms with E-state index in [1.165, 1.54) is 128 Å². The van der Waals surface area contributed by atoms with E-state index in [9.17, 15) is 0 Å². The van der Waals surface area contributed by atoms with Crippen molar-refractivity contribution in [2.24, 2.45) is 9.98 Å². The fraction of sp³-hybridized carbons (Fsp3) is 0.933. The van der Waals surface area contributed by atoms with Gasteiger partial charge in [-0.1, -0.05) is 77.0 Å². The summed E-state index contributed by atoms with van der Waals surface area (Å²) in [7, 11) is 0. The van der Waals surface area contributed by atoms with E-state index in [1.807, 2.05) is 0 Å². The molecule has 0 N–H and O–H groups in total. The Kier molecular flexibility index (Phi) is 18.5. The number of rotatable bonds is 8. The van der Waals surface area contributed by atoms with E-state index in [4.69, 9.17) is 6.80 Å². The van der Waals surface area contributed by atoms with Crippen LogP contribution in [0.1, 0.15) is 142 Å². The summed E-state index contributed by atoms with van der Waals surface area (Å²) >= 11 is -2.03. The van der Waals surface area contributed by atoms with Gasteiger partial charge in [0.15, 0.2) is 0 Å². The topological polar surface area (TPSA) is 65.3 Å². The molecule has 4 saturated carbocycles. The molecule has 0 aliphatic heterocycles. The van der Waals surface area contributed by atoms with Crippen LogP contribution in [0, 0.1) is 0 Å². The van der Waals surface area contributed by atoms with Gasteiger partial charge in [-0.05, 0) is 102 Å². The van der Waals surface area contributed by atoms with Crippen LogP contribution in [-0.2, 0) is 25.3 Å². The summed E-state index contributed by atoms with van der Waals surface area (Å²) in [5.41, 5.74) is 0. The van der Waals surface area contributed by atoms with Crippen molar-refractivity contribution in [3.63, 3.8) is 0 Å². The van der Waals surface area contributed by atoms with Crippen molar-refractivity contribution in [1.29, 1.82) is 0 Å². The van der Waals surface area contributed by atoms with Crippen LogP contribution >= 0.6 is 0 Å². The molecule has 7 heteroatoms. The predicted octanol–water partition coefficient (Wildman–Crippen LogP) is 7.52. The molecule has 0 unspecified atom stereocenters. The van der Waals surface area contributed by atoms with E-state index in [1.54, 1.807) is 0 Å². The minimum absolute atomic E-state index is 0.738. The number of aliphatic imine (C=N–C) groups is 2. The molecule has 4 fully saturated rings. The fourth-order valence-electron chi connectivity index (χ4n) is 6.66. The molecule has 212 valence electrons. The van der Waals surface area contributed by atoms with Gasteiger partial charge in [0.1, 0.15) is 0 Å². The summed E-state index contributed by atoms with van der Waals surface area (Å²) in [4.78, 5) is 13.8. The monoisotopic (exact) mass is 600 g/mol. The zero-order valence-electron chi connectivity index (χ0n) is 23.9. The molecule has 0 heterocycles. The van der Waals surface area contributed by atoms with Gasteiger partial charge in [-0.3, -0.25) is 12.7 Å². The molecule has 0 saturated heterocycles. The molecule has 0 aromatic rings. The molecule has 4 aliphatic rings. The number of hydrogen-bond donors (Lipinski definition) is 0. The van der Waals surface area contributed by atoms with E-state index >= 15 is 0 Å². The van der Waals surface area contributed by atoms with Crippen molar-refractivity contribution in [3.05, 3.63) is 0 Å². The van der Waals surface area contributed by atoms with Gasteiger partial charge in [0.05, 0.1) is 0 Å². The van der Waals surface area contributed by atoms with Crippen LogP contribution in [0.4, 0.5) is 0 Å². The summed E-state index contributed by atoms with van der Waals surface area (Å²) in [5, 5.41) is 0. The number of nitrogens with zero attached hydrogens (tertiary/aromatic N) is 4. The Balaban J connectivity index is 0.000000235. The second kappa shape index (κ2) is 21.1. The molecule has 0 aromatic carbocycles. The summed E-state index contributed by atoms with van der Waals surface area (Å²) in [6, 6.07) is 2.95. The average molecular weight is 599 g/mol. The molecule has 4 rings (SSSR count). The molecule has 0 amide bonds. The van der Waals surface area contributed by atoms with Crippen LogP contribution in [0.3, 0.4) is 0 Å². The van der Waals surface area contributed by atoms with Gasteiger partial charge in [-0.2, -0.15) is 0 Å². The summed E-state index contributed by atoms with van der Waals surface area (Å²) < 4.78 is 17.0. The Bertz CT molecular complexity index is 558. The van der Waals surface area contributed by atoms with Crippen LogP contribution in [-0.4, -0.2) is 59.7 Å². The Labute approximate surface area is 236 Å². The molecule has 37 heavy (non-hydrogen) atoms. The molecular weight excluding hydrogens is 544 g/mol. The molecule has 0 radical (unpaired) electrons. The fourth-order valence-corrected chi connectivity index (χ4v) is 6.66. The van der Waals surface area contributed by atoms with Crippen molar-refractivity contribution >= 4 is 12.7 Å². The van der Waals surface area contributed by atoms with E-state index in [0.717, 1.165) is 37.3 Å². The van der Waals surface area contributed by atoms with Gasteiger partial charge in [0.25, 0.3) is 0 Å². The normalized spacial score (nSPS) is 22.5. The van der Waals surface area contributed by atoms with E-state index in [0.29, 0.717) is 0 Å². The average Bonchev–Trinajstić information content (AvgIpc) is 2.97. The van der Waals surface area contributed by atoms with Gasteiger partial charge in [0.2, 0.25) is 0 Å². The molecule has 0 atom stereocenters. The quantitative estimate of drug-likeness (QED) is 0.0953. The second-order valence-electron chi connectivity index (χ2n) is 11.2. The standard InChI is InChI=1S/2C15H27N2.Mo.2O/c2*1-2-16-13-17(14-9-5-3-6-10-14)15-11-7-4-8-12-15;;;/h2*14-15H,2-12H2,1H3;;;/q2*-1;+2;;. The van der Waals surface area contributed by atoms with Crippen molar-refractivity contribution < 1.29 is 25.3 Å². The Morgan fingerprint density at radius 1 is 0.514 bits per heavy atom. The van der Waals surface area contributed by atoms with Crippen LogP contribution in [0.2, 0.25) is 0 Å². The zero-order chi connectivity index (χ0) is 26.6. The summed E-state index contributed by atoms with van der Waals surface area (Å²) in [6.45, 7) is 5.95. The SMILES string of the molecule is CCN=[C-]N(C1CCCCC1)C1CCCCC1.CCN=[C-]N(C1CCCCC1)C1CCCCC1.[O]=[Mo+2]=[O]. The third kappa shape index (κ3) is 12.8. The van der Waals surface area contributed by atoms with Gasteiger partial charge < -0.3 is 19.8 Å². The molecular formula is C30H54MoN4O2. The van der Waals surface area contributed by atoms with Crippen LogP contribution in [0.5, 0.6) is 0 Å². The molecule has 4 aliphatic carbocycles. The first-order valence-electron chi connectivity index (χ1n) is 15.6. The molecule has 0 bridgehead atoms. The third-order valence-corrected chi connectivity index (χ3v) is 8.56. The maximum absolute atomic E-state index is 8.50. The third-order valence-electron chi connectivity index (χ3n) is 8.56. The minimum atomic E-state index is -2.03.